The Labute approximate surface area is 159 Å². The second-order valence-corrected chi connectivity index (χ2v) is 8.38. The minimum Gasteiger partial charge on any atom is -0.493 e. The Bertz CT molecular complexity index is 539. The monoisotopic (exact) mass is 370 g/mol. The average molecular weight is 371 g/mol. The maximum absolute atomic E-state index is 12.9. The molecule has 1 aromatic rings. The highest BCUT2D eigenvalue weighted by molar-refractivity contribution is 5.87. The number of nitrogens with two attached hydrogens (primary N) is 1. The van der Waals surface area contributed by atoms with Crippen molar-refractivity contribution in [3.63, 3.8) is 0 Å². The van der Waals surface area contributed by atoms with Gasteiger partial charge < -0.3 is 15.4 Å². The van der Waals surface area contributed by atoms with Crippen LogP contribution in [0.2, 0.25) is 0 Å². The number of nitrogens with zero attached hydrogens (tertiary/aromatic N) is 1. The second kappa shape index (κ2) is 9.44. The van der Waals surface area contributed by atoms with Gasteiger partial charge in [0, 0.05) is 13.6 Å². The van der Waals surface area contributed by atoms with Gasteiger partial charge in [0.05, 0.1) is 12.0 Å². The summed E-state index contributed by atoms with van der Waals surface area (Å²) in [5, 5.41) is 0. The van der Waals surface area contributed by atoms with E-state index < -0.39 is 5.41 Å². The van der Waals surface area contributed by atoms with E-state index in [-0.39, 0.29) is 23.7 Å². The number of amides is 1. The summed E-state index contributed by atoms with van der Waals surface area (Å²) >= 11 is 0. The summed E-state index contributed by atoms with van der Waals surface area (Å²) < 4.78 is 5.71. The van der Waals surface area contributed by atoms with Gasteiger partial charge in [0.25, 0.3) is 0 Å². The Balaban J connectivity index is 0.00000576. The van der Waals surface area contributed by atoms with Crippen LogP contribution in [0.15, 0.2) is 24.3 Å². The summed E-state index contributed by atoms with van der Waals surface area (Å²) in [4.78, 5) is 14.7. The van der Waals surface area contributed by atoms with Crippen LogP contribution in [0.5, 0.6) is 5.75 Å². The quantitative estimate of drug-likeness (QED) is 0.755. The molecule has 0 spiro atoms. The normalized spacial score (nSPS) is 11.9. The third-order valence-corrected chi connectivity index (χ3v) is 4.26. The first-order chi connectivity index (χ1) is 11.0. The number of carbonyl (C=O) groups is 1. The van der Waals surface area contributed by atoms with Gasteiger partial charge in [0.1, 0.15) is 5.75 Å². The highest BCUT2D eigenvalue weighted by Crippen LogP contribution is 2.28. The molecule has 0 saturated heterocycles. The highest BCUT2D eigenvalue weighted by atomic mass is 35.5. The highest BCUT2D eigenvalue weighted by Gasteiger charge is 2.34. The maximum atomic E-state index is 12.9. The second-order valence-electron chi connectivity index (χ2n) is 8.38. The molecule has 0 atom stereocenters. The van der Waals surface area contributed by atoms with Crippen LogP contribution < -0.4 is 10.5 Å². The van der Waals surface area contributed by atoms with E-state index in [1.807, 2.05) is 45.2 Å². The van der Waals surface area contributed by atoms with Crippen molar-refractivity contribution in [1.82, 2.24) is 4.90 Å². The molecule has 1 aromatic carbocycles. The van der Waals surface area contributed by atoms with Crippen molar-refractivity contribution < 1.29 is 9.53 Å². The molecule has 4 nitrogen and oxygen atoms in total. The number of halogens is 1. The van der Waals surface area contributed by atoms with E-state index >= 15 is 0 Å². The fourth-order valence-corrected chi connectivity index (χ4v) is 2.61. The molecule has 0 aromatic heterocycles. The number of hydrogen-bond acceptors (Lipinski definition) is 3. The summed E-state index contributed by atoms with van der Waals surface area (Å²) in [6.07, 6.45) is 0. The zero-order valence-electron chi connectivity index (χ0n) is 16.8. The zero-order valence-corrected chi connectivity index (χ0v) is 17.6. The number of hydrogen-bond donors (Lipinski definition) is 1. The molecule has 25 heavy (non-hydrogen) atoms. The third kappa shape index (κ3) is 6.87. The van der Waals surface area contributed by atoms with Crippen molar-refractivity contribution in [2.45, 2.75) is 47.0 Å². The predicted molar refractivity (Wildman–Crippen MR) is 108 cm³/mol. The molecule has 0 saturated carbocycles. The third-order valence-electron chi connectivity index (χ3n) is 4.26. The lowest BCUT2D eigenvalue weighted by molar-refractivity contribution is -0.136. The molecule has 1 amide bonds. The minimum absolute atomic E-state index is 0. The van der Waals surface area contributed by atoms with E-state index in [2.05, 4.69) is 27.7 Å². The smallest absolute Gasteiger partial charge is 0.232 e. The number of benzene rings is 1. The molecule has 0 fully saturated rings. The zero-order chi connectivity index (χ0) is 18.5. The van der Waals surface area contributed by atoms with Crippen molar-refractivity contribution in [2.24, 2.45) is 17.1 Å². The van der Waals surface area contributed by atoms with Gasteiger partial charge in [-0.25, -0.2) is 0 Å². The van der Waals surface area contributed by atoms with Crippen molar-refractivity contribution in [2.75, 3.05) is 26.7 Å². The fourth-order valence-electron chi connectivity index (χ4n) is 2.61. The van der Waals surface area contributed by atoms with Crippen LogP contribution in [-0.2, 0) is 10.2 Å². The average Bonchev–Trinajstić information content (AvgIpc) is 2.52. The van der Waals surface area contributed by atoms with Crippen LogP contribution in [0.25, 0.3) is 0 Å². The molecule has 2 N–H and O–H groups in total. The Morgan fingerprint density at radius 1 is 1.16 bits per heavy atom. The summed E-state index contributed by atoms with van der Waals surface area (Å²) in [6, 6.07) is 7.85. The standard InChI is InChI=1S/C20H34N2O2.ClH/c1-15(2)12-24-17-10-8-16(9-11-17)20(5,6)18(23)22(7)14-19(3,4)13-21;/h8-11,15H,12-14,21H2,1-7H3;1H. The summed E-state index contributed by atoms with van der Waals surface area (Å²) in [7, 11) is 1.85. The van der Waals surface area contributed by atoms with Crippen LogP contribution in [0.1, 0.15) is 47.1 Å². The molecular formula is C20H35ClN2O2. The van der Waals surface area contributed by atoms with Crippen molar-refractivity contribution in [3.8, 4) is 5.75 Å². The summed E-state index contributed by atoms with van der Waals surface area (Å²) in [6.45, 7) is 14.2. The van der Waals surface area contributed by atoms with Gasteiger partial charge in [-0.3, -0.25) is 4.79 Å². The summed E-state index contributed by atoms with van der Waals surface area (Å²) in [5.74, 6) is 1.43. The Morgan fingerprint density at radius 2 is 1.68 bits per heavy atom. The van der Waals surface area contributed by atoms with Crippen LogP contribution in [-0.4, -0.2) is 37.6 Å². The van der Waals surface area contributed by atoms with E-state index in [0.29, 0.717) is 25.6 Å². The molecule has 0 heterocycles. The number of carbonyl (C=O) groups excluding carboxylic acids is 1. The van der Waals surface area contributed by atoms with Gasteiger partial charge in [-0.1, -0.05) is 39.8 Å². The molecule has 144 valence electrons. The van der Waals surface area contributed by atoms with Crippen LogP contribution in [0.3, 0.4) is 0 Å². The lowest BCUT2D eigenvalue weighted by atomic mass is 9.82. The Hall–Kier alpha value is -1.26. The Morgan fingerprint density at radius 3 is 2.12 bits per heavy atom. The molecule has 0 unspecified atom stereocenters. The van der Waals surface area contributed by atoms with Crippen molar-refractivity contribution in [1.29, 1.82) is 0 Å². The predicted octanol–water partition coefficient (Wildman–Crippen LogP) is 3.86. The van der Waals surface area contributed by atoms with Gasteiger partial charge in [-0.05, 0) is 49.4 Å². The van der Waals surface area contributed by atoms with Crippen molar-refractivity contribution in [3.05, 3.63) is 29.8 Å². The van der Waals surface area contributed by atoms with Gasteiger partial charge in [-0.15, -0.1) is 12.4 Å². The Kier molecular flexibility index (Phi) is 8.97. The van der Waals surface area contributed by atoms with E-state index in [9.17, 15) is 4.79 Å². The lowest BCUT2D eigenvalue weighted by Gasteiger charge is -2.34. The SMILES string of the molecule is CC(C)COc1ccc(C(C)(C)C(=O)N(C)CC(C)(C)CN)cc1.Cl. The first-order valence-electron chi connectivity index (χ1n) is 8.68. The molecule has 1 rings (SSSR count). The number of ether oxygens (including phenoxy) is 1. The van der Waals surface area contributed by atoms with E-state index in [0.717, 1.165) is 11.3 Å². The molecule has 0 aliphatic heterocycles. The number of likely N-dealkylation sites (N-methyl/N-ethyl adjacent to an activating group) is 1. The topological polar surface area (TPSA) is 55.6 Å². The first kappa shape index (κ1) is 23.7. The molecule has 0 radical (unpaired) electrons. The van der Waals surface area contributed by atoms with Gasteiger partial charge in [-0.2, -0.15) is 0 Å². The van der Waals surface area contributed by atoms with E-state index in [4.69, 9.17) is 10.5 Å². The van der Waals surface area contributed by atoms with Crippen LogP contribution >= 0.6 is 12.4 Å². The van der Waals surface area contributed by atoms with E-state index in [1.165, 1.54) is 0 Å². The molecule has 0 bridgehead atoms. The molecule has 0 aliphatic carbocycles. The van der Waals surface area contributed by atoms with Gasteiger partial charge in [0.2, 0.25) is 5.91 Å². The molecule has 5 heteroatoms. The maximum Gasteiger partial charge on any atom is 0.232 e. The first-order valence-corrected chi connectivity index (χ1v) is 8.68. The lowest BCUT2D eigenvalue weighted by Crippen LogP contribution is -2.46. The molecular weight excluding hydrogens is 336 g/mol. The van der Waals surface area contributed by atoms with Gasteiger partial charge >= 0.3 is 0 Å². The largest absolute Gasteiger partial charge is 0.493 e. The summed E-state index contributed by atoms with van der Waals surface area (Å²) in [5.41, 5.74) is 6.10. The van der Waals surface area contributed by atoms with Crippen LogP contribution in [0.4, 0.5) is 0 Å². The van der Waals surface area contributed by atoms with Crippen LogP contribution in [0, 0.1) is 11.3 Å². The molecule has 0 aliphatic rings. The van der Waals surface area contributed by atoms with E-state index in [1.54, 1.807) is 4.90 Å². The number of rotatable bonds is 8. The van der Waals surface area contributed by atoms with Gasteiger partial charge in [0.15, 0.2) is 0 Å². The minimum atomic E-state index is -0.587. The fraction of sp³-hybridized carbons (Fsp3) is 0.650. The van der Waals surface area contributed by atoms with Crippen molar-refractivity contribution >= 4 is 18.3 Å².